The number of nitrogens with zero attached hydrogens (tertiary/aromatic N) is 1. The van der Waals surface area contributed by atoms with Crippen molar-refractivity contribution in [1.29, 1.82) is 0 Å². The summed E-state index contributed by atoms with van der Waals surface area (Å²) in [7, 11) is -6.93. The van der Waals surface area contributed by atoms with Gasteiger partial charge in [0, 0.05) is 12.2 Å². The number of hydrogen-bond acceptors (Lipinski definition) is 4. The Morgan fingerprint density at radius 2 is 1.58 bits per heavy atom. The highest BCUT2D eigenvalue weighted by molar-refractivity contribution is 7.93. The summed E-state index contributed by atoms with van der Waals surface area (Å²) < 4.78 is 52.6. The first-order valence-corrected chi connectivity index (χ1v) is 10.7. The Morgan fingerprint density at radius 3 is 2.21 bits per heavy atom. The molecular weight excluding hydrogens is 348 g/mol. The van der Waals surface area contributed by atoms with Crippen LogP contribution in [0.4, 0.5) is 11.4 Å². The van der Waals surface area contributed by atoms with Crippen LogP contribution in [0.5, 0.6) is 0 Å². The number of anilines is 2. The average molecular weight is 366 g/mol. The third kappa shape index (κ3) is 3.54. The van der Waals surface area contributed by atoms with Crippen LogP contribution in [-0.4, -0.2) is 29.1 Å². The fraction of sp³-hybridized carbons (Fsp3) is 0.250. The standard InChI is InChI=1S/C16H18N2O4S2/c19-23(20)13-5-4-12-18(23)15-10-8-14(9-11-15)17-24(21,22)16-6-2-1-3-7-16/h1-3,6-11,17H,4-5,12-13H2. The number of hydrogen-bond donors (Lipinski definition) is 1. The van der Waals surface area contributed by atoms with E-state index >= 15 is 0 Å². The average Bonchev–Trinajstić information content (AvgIpc) is 2.56. The van der Waals surface area contributed by atoms with Gasteiger partial charge in [0.1, 0.15) is 0 Å². The number of rotatable bonds is 4. The summed E-state index contributed by atoms with van der Waals surface area (Å²) in [6, 6.07) is 14.4. The van der Waals surface area contributed by atoms with Gasteiger partial charge in [0.05, 0.1) is 16.3 Å². The van der Waals surface area contributed by atoms with Gasteiger partial charge in [0.2, 0.25) is 10.0 Å². The topological polar surface area (TPSA) is 83.6 Å². The van der Waals surface area contributed by atoms with Crippen molar-refractivity contribution >= 4 is 31.4 Å². The van der Waals surface area contributed by atoms with Gasteiger partial charge in [-0.3, -0.25) is 9.03 Å². The predicted molar refractivity (Wildman–Crippen MR) is 94.1 cm³/mol. The van der Waals surface area contributed by atoms with E-state index in [2.05, 4.69) is 4.72 Å². The van der Waals surface area contributed by atoms with Gasteiger partial charge in [0.25, 0.3) is 10.0 Å². The molecule has 0 spiro atoms. The van der Waals surface area contributed by atoms with Crippen molar-refractivity contribution in [2.24, 2.45) is 0 Å². The highest BCUT2D eigenvalue weighted by atomic mass is 32.2. The second kappa shape index (κ2) is 6.45. The molecule has 0 unspecified atom stereocenters. The third-order valence-electron chi connectivity index (χ3n) is 3.81. The van der Waals surface area contributed by atoms with Crippen molar-refractivity contribution in [1.82, 2.24) is 0 Å². The molecule has 0 bridgehead atoms. The zero-order valence-electron chi connectivity index (χ0n) is 12.9. The quantitative estimate of drug-likeness (QED) is 0.901. The Hall–Kier alpha value is -2.06. The highest BCUT2D eigenvalue weighted by Gasteiger charge is 2.25. The summed E-state index contributed by atoms with van der Waals surface area (Å²) in [5, 5.41) is 0. The summed E-state index contributed by atoms with van der Waals surface area (Å²) in [6.45, 7) is 0.456. The maximum absolute atomic E-state index is 12.3. The van der Waals surface area contributed by atoms with Crippen molar-refractivity contribution in [3.8, 4) is 0 Å². The lowest BCUT2D eigenvalue weighted by Crippen LogP contribution is -2.37. The molecule has 0 saturated carbocycles. The normalized spacial score (nSPS) is 17.4. The molecule has 8 heteroatoms. The van der Waals surface area contributed by atoms with Gasteiger partial charge in [-0.1, -0.05) is 18.2 Å². The smallest absolute Gasteiger partial charge is 0.261 e. The van der Waals surface area contributed by atoms with E-state index in [1.807, 2.05) is 0 Å². The van der Waals surface area contributed by atoms with Crippen molar-refractivity contribution < 1.29 is 16.8 Å². The van der Waals surface area contributed by atoms with Crippen LogP contribution in [0.3, 0.4) is 0 Å². The fourth-order valence-electron chi connectivity index (χ4n) is 2.59. The van der Waals surface area contributed by atoms with Crippen LogP contribution in [0.25, 0.3) is 0 Å². The van der Waals surface area contributed by atoms with E-state index < -0.39 is 20.0 Å². The van der Waals surface area contributed by atoms with Crippen molar-refractivity contribution in [3.05, 3.63) is 54.6 Å². The lowest BCUT2D eigenvalue weighted by Gasteiger charge is -2.28. The van der Waals surface area contributed by atoms with Gasteiger partial charge in [0.15, 0.2) is 0 Å². The van der Waals surface area contributed by atoms with E-state index in [0.717, 1.165) is 6.42 Å². The van der Waals surface area contributed by atoms with Gasteiger partial charge >= 0.3 is 0 Å². The number of nitrogens with one attached hydrogen (secondary N) is 1. The maximum Gasteiger partial charge on any atom is 0.261 e. The fourth-order valence-corrected chi connectivity index (χ4v) is 5.31. The lowest BCUT2D eigenvalue weighted by atomic mass is 10.2. The molecule has 3 rings (SSSR count). The first kappa shape index (κ1) is 16.8. The van der Waals surface area contributed by atoms with Crippen molar-refractivity contribution in [3.63, 3.8) is 0 Å². The largest absolute Gasteiger partial charge is 0.280 e. The van der Waals surface area contributed by atoms with Gasteiger partial charge in [-0.2, -0.15) is 0 Å². The van der Waals surface area contributed by atoms with Crippen LogP contribution >= 0.6 is 0 Å². The minimum absolute atomic E-state index is 0.148. The molecule has 1 aliphatic rings. The van der Waals surface area contributed by atoms with Crippen molar-refractivity contribution in [2.45, 2.75) is 17.7 Å². The van der Waals surface area contributed by atoms with Crippen LogP contribution in [-0.2, 0) is 20.0 Å². The van der Waals surface area contributed by atoms with Crippen LogP contribution in [0.2, 0.25) is 0 Å². The molecule has 0 amide bonds. The molecule has 0 radical (unpaired) electrons. The van der Waals surface area contributed by atoms with E-state index in [9.17, 15) is 16.8 Å². The molecule has 1 N–H and O–H groups in total. The number of sulfonamides is 2. The molecule has 0 aliphatic carbocycles. The molecule has 6 nitrogen and oxygen atoms in total. The molecule has 128 valence electrons. The molecular formula is C16H18N2O4S2. The molecule has 0 aromatic heterocycles. The maximum atomic E-state index is 12.3. The summed E-state index contributed by atoms with van der Waals surface area (Å²) in [5.74, 6) is 0.148. The lowest BCUT2D eigenvalue weighted by molar-refractivity contribution is 0.574. The molecule has 1 fully saturated rings. The zero-order chi connectivity index (χ0) is 17.2. The SMILES string of the molecule is O=S(=O)(Nc1ccc(N2CCCCS2(=O)=O)cc1)c1ccccc1. The van der Waals surface area contributed by atoms with Crippen molar-refractivity contribution in [2.75, 3.05) is 21.3 Å². The van der Waals surface area contributed by atoms with E-state index in [1.54, 1.807) is 42.5 Å². The Balaban J connectivity index is 1.80. The Labute approximate surface area is 142 Å². The Morgan fingerprint density at radius 1 is 0.917 bits per heavy atom. The molecule has 1 aliphatic heterocycles. The second-order valence-electron chi connectivity index (χ2n) is 5.56. The molecule has 1 saturated heterocycles. The summed E-state index contributed by atoms with van der Waals surface area (Å²) >= 11 is 0. The molecule has 2 aromatic rings. The number of benzene rings is 2. The zero-order valence-corrected chi connectivity index (χ0v) is 14.6. The Bertz CT molecular complexity index is 908. The second-order valence-corrected chi connectivity index (χ2v) is 9.26. The van der Waals surface area contributed by atoms with Crippen LogP contribution in [0.1, 0.15) is 12.8 Å². The van der Waals surface area contributed by atoms with E-state index in [0.29, 0.717) is 24.3 Å². The summed E-state index contributed by atoms with van der Waals surface area (Å²) in [5.41, 5.74) is 0.939. The molecule has 2 aromatic carbocycles. The first-order chi connectivity index (χ1) is 11.4. The monoisotopic (exact) mass is 366 g/mol. The predicted octanol–water partition coefficient (Wildman–Crippen LogP) is 2.42. The van der Waals surface area contributed by atoms with Gasteiger partial charge in [-0.15, -0.1) is 0 Å². The summed E-state index contributed by atoms with van der Waals surface area (Å²) in [4.78, 5) is 0.174. The van der Waals surface area contributed by atoms with E-state index in [-0.39, 0.29) is 10.6 Å². The van der Waals surface area contributed by atoms with E-state index in [1.165, 1.54) is 16.4 Å². The third-order valence-corrected chi connectivity index (χ3v) is 7.08. The minimum atomic E-state index is -3.66. The van der Waals surface area contributed by atoms with Gasteiger partial charge in [-0.05, 0) is 49.2 Å². The molecule has 0 atom stereocenters. The van der Waals surface area contributed by atoms with Crippen LogP contribution < -0.4 is 9.03 Å². The minimum Gasteiger partial charge on any atom is -0.280 e. The molecule has 24 heavy (non-hydrogen) atoms. The summed E-state index contributed by atoms with van der Waals surface area (Å²) in [6.07, 6.45) is 1.50. The highest BCUT2D eigenvalue weighted by Crippen LogP contribution is 2.25. The van der Waals surface area contributed by atoms with Crippen LogP contribution in [0.15, 0.2) is 59.5 Å². The van der Waals surface area contributed by atoms with Crippen LogP contribution in [0, 0.1) is 0 Å². The van der Waals surface area contributed by atoms with Gasteiger partial charge in [-0.25, -0.2) is 16.8 Å². The Kier molecular flexibility index (Phi) is 4.51. The van der Waals surface area contributed by atoms with Gasteiger partial charge < -0.3 is 0 Å². The van der Waals surface area contributed by atoms with E-state index in [4.69, 9.17) is 0 Å². The molecule has 1 heterocycles. The first-order valence-electron chi connectivity index (χ1n) is 7.57.